The molecule has 0 spiro atoms. The van der Waals surface area contributed by atoms with E-state index in [2.05, 4.69) is 4.74 Å². The molecular weight excluding hydrogens is 143 g/mol. The first-order valence-corrected chi connectivity index (χ1v) is 2.52. The molecule has 0 aliphatic rings. The Morgan fingerprint density at radius 1 is 1.40 bits per heavy atom. The molecule has 0 aromatic carbocycles. The Bertz CT molecular complexity index is 151. The Labute approximate surface area is 82.4 Å². The third kappa shape index (κ3) is 3.93. The van der Waals surface area contributed by atoms with Crippen molar-refractivity contribution in [3.63, 3.8) is 0 Å². The van der Waals surface area contributed by atoms with E-state index in [1.165, 1.54) is 21.0 Å². The number of hydrogen-bond acceptors (Lipinski definition) is 3. The zero-order valence-corrected chi connectivity index (χ0v) is 8.72. The SMILES string of the molecule is CO/C([O-])=C(\C)C(C)=O.[Na+]. The number of rotatable bonds is 2. The van der Waals surface area contributed by atoms with Gasteiger partial charge in [-0.2, -0.15) is 0 Å². The largest absolute Gasteiger partial charge is 1.00 e. The third-order valence-electron chi connectivity index (χ3n) is 1.02. The quantitative estimate of drug-likeness (QED) is 0.238. The molecule has 0 bridgehead atoms. The number of ether oxygens (including phenoxy) is 1. The summed E-state index contributed by atoms with van der Waals surface area (Å²) < 4.78 is 4.28. The molecule has 10 heavy (non-hydrogen) atoms. The Balaban J connectivity index is 0. The van der Waals surface area contributed by atoms with Crippen LogP contribution in [0.5, 0.6) is 0 Å². The monoisotopic (exact) mass is 152 g/mol. The van der Waals surface area contributed by atoms with E-state index in [1.807, 2.05) is 0 Å². The molecule has 0 aliphatic carbocycles. The molecule has 0 atom stereocenters. The molecule has 3 nitrogen and oxygen atoms in total. The number of hydrogen-bond donors (Lipinski definition) is 0. The van der Waals surface area contributed by atoms with Gasteiger partial charge in [-0.25, -0.2) is 0 Å². The smallest absolute Gasteiger partial charge is 0.616 e. The van der Waals surface area contributed by atoms with Gasteiger partial charge < -0.3 is 9.84 Å². The van der Waals surface area contributed by atoms with Crippen molar-refractivity contribution in [3.05, 3.63) is 11.5 Å². The predicted octanol–water partition coefficient (Wildman–Crippen LogP) is -3.18. The number of allylic oxidation sites excluding steroid dienone is 1. The van der Waals surface area contributed by atoms with E-state index in [1.54, 1.807) is 0 Å². The van der Waals surface area contributed by atoms with Crippen molar-refractivity contribution in [2.24, 2.45) is 0 Å². The fourth-order valence-corrected chi connectivity index (χ4v) is 0.297. The van der Waals surface area contributed by atoms with Crippen LogP contribution in [-0.2, 0) is 9.53 Å². The Morgan fingerprint density at radius 3 is 1.90 bits per heavy atom. The molecule has 52 valence electrons. The number of carbonyl (C=O) groups is 1. The van der Waals surface area contributed by atoms with Crippen LogP contribution in [0.3, 0.4) is 0 Å². The summed E-state index contributed by atoms with van der Waals surface area (Å²) in [5, 5.41) is 10.5. The average Bonchev–Trinajstić information content (AvgIpc) is 1.84. The molecule has 0 aromatic rings. The maximum Gasteiger partial charge on any atom is 1.00 e. The summed E-state index contributed by atoms with van der Waals surface area (Å²) in [5.74, 6) is -0.802. The van der Waals surface area contributed by atoms with Crippen LogP contribution in [0.25, 0.3) is 0 Å². The first kappa shape index (κ1) is 12.7. The molecule has 0 unspecified atom stereocenters. The summed E-state index contributed by atoms with van der Waals surface area (Å²) in [6.07, 6.45) is 0. The summed E-state index contributed by atoms with van der Waals surface area (Å²) in [6.45, 7) is 2.76. The van der Waals surface area contributed by atoms with Gasteiger partial charge in [0.2, 0.25) is 0 Å². The number of ketones is 1. The van der Waals surface area contributed by atoms with Gasteiger partial charge >= 0.3 is 29.6 Å². The Kier molecular flexibility index (Phi) is 7.31. The van der Waals surface area contributed by atoms with Crippen LogP contribution >= 0.6 is 0 Å². The van der Waals surface area contributed by atoms with Crippen molar-refractivity contribution in [2.75, 3.05) is 7.11 Å². The predicted molar refractivity (Wildman–Crippen MR) is 30.4 cm³/mol. The second-order valence-electron chi connectivity index (χ2n) is 1.67. The first-order chi connectivity index (χ1) is 4.09. The second-order valence-corrected chi connectivity index (χ2v) is 1.67. The van der Waals surface area contributed by atoms with E-state index < -0.39 is 5.95 Å². The van der Waals surface area contributed by atoms with Gasteiger partial charge in [0.05, 0.1) is 5.95 Å². The zero-order valence-electron chi connectivity index (χ0n) is 6.72. The zero-order chi connectivity index (χ0) is 7.44. The van der Waals surface area contributed by atoms with Gasteiger partial charge in [0.15, 0.2) is 5.78 Å². The molecule has 0 saturated carbocycles. The molecule has 4 heteroatoms. The summed E-state index contributed by atoms with van der Waals surface area (Å²) in [6, 6.07) is 0. The average molecular weight is 152 g/mol. The van der Waals surface area contributed by atoms with Crippen LogP contribution in [0, 0.1) is 0 Å². The number of carbonyl (C=O) groups excluding carboxylic acids is 1. The molecule has 0 aliphatic heterocycles. The summed E-state index contributed by atoms with van der Waals surface area (Å²) in [5.41, 5.74) is 0.137. The number of methoxy groups -OCH3 is 1. The van der Waals surface area contributed by atoms with Crippen LogP contribution < -0.4 is 34.7 Å². The molecular formula is C6H9NaO3. The molecule has 0 N–H and O–H groups in total. The van der Waals surface area contributed by atoms with Gasteiger partial charge in [-0.3, -0.25) is 4.79 Å². The Hall–Kier alpha value is 0.0100. The van der Waals surface area contributed by atoms with Crippen molar-refractivity contribution in [1.29, 1.82) is 0 Å². The maximum atomic E-state index is 10.5. The second kappa shape index (κ2) is 5.77. The van der Waals surface area contributed by atoms with E-state index in [0.717, 1.165) is 0 Å². The molecule has 0 radical (unpaired) electrons. The van der Waals surface area contributed by atoms with Gasteiger partial charge in [0, 0.05) is 5.57 Å². The van der Waals surface area contributed by atoms with Crippen molar-refractivity contribution < 1.29 is 44.2 Å². The normalized spacial score (nSPS) is 11.1. The van der Waals surface area contributed by atoms with Crippen molar-refractivity contribution >= 4 is 5.78 Å². The number of Topliss-reactive ketones (excluding diaryl/α,β-unsaturated/α-hetero) is 1. The maximum absolute atomic E-state index is 10.5. The van der Waals surface area contributed by atoms with Crippen molar-refractivity contribution in [3.8, 4) is 0 Å². The van der Waals surface area contributed by atoms with E-state index in [4.69, 9.17) is 0 Å². The van der Waals surface area contributed by atoms with Gasteiger partial charge in [-0.05, 0) is 21.0 Å². The molecule has 0 saturated heterocycles. The van der Waals surface area contributed by atoms with Crippen LogP contribution in [0.2, 0.25) is 0 Å². The van der Waals surface area contributed by atoms with Crippen LogP contribution in [-0.4, -0.2) is 12.9 Å². The standard InChI is InChI=1S/C6H10O3.Na/c1-4(5(2)7)6(8)9-3;/h8H,1-3H3;/q;+1/p-1/b6-4+;. The fourth-order valence-electron chi connectivity index (χ4n) is 0.297. The minimum atomic E-state index is -0.553. The van der Waals surface area contributed by atoms with E-state index in [0.29, 0.717) is 0 Å². The van der Waals surface area contributed by atoms with E-state index in [-0.39, 0.29) is 40.9 Å². The van der Waals surface area contributed by atoms with Crippen LogP contribution in [0.4, 0.5) is 0 Å². The van der Waals surface area contributed by atoms with Gasteiger partial charge in [0.25, 0.3) is 0 Å². The van der Waals surface area contributed by atoms with Gasteiger partial charge in [-0.1, -0.05) is 0 Å². The molecule has 0 fully saturated rings. The van der Waals surface area contributed by atoms with E-state index >= 15 is 0 Å². The van der Waals surface area contributed by atoms with Crippen molar-refractivity contribution in [2.45, 2.75) is 13.8 Å². The minimum absolute atomic E-state index is 0. The van der Waals surface area contributed by atoms with E-state index in [9.17, 15) is 9.90 Å². The Morgan fingerprint density at radius 2 is 1.80 bits per heavy atom. The van der Waals surface area contributed by atoms with Crippen LogP contribution in [0.15, 0.2) is 11.5 Å². The third-order valence-corrected chi connectivity index (χ3v) is 1.02. The summed E-state index contributed by atoms with van der Waals surface area (Å²) in [7, 11) is 1.24. The first-order valence-electron chi connectivity index (χ1n) is 2.52. The summed E-state index contributed by atoms with van der Waals surface area (Å²) in [4.78, 5) is 10.4. The summed E-state index contributed by atoms with van der Waals surface area (Å²) >= 11 is 0. The van der Waals surface area contributed by atoms with Crippen molar-refractivity contribution in [1.82, 2.24) is 0 Å². The molecule has 0 aromatic heterocycles. The molecule has 0 amide bonds. The van der Waals surface area contributed by atoms with Crippen LogP contribution in [0.1, 0.15) is 13.8 Å². The minimum Gasteiger partial charge on any atom is -0.616 e. The van der Waals surface area contributed by atoms with Gasteiger partial charge in [0.1, 0.15) is 0 Å². The topological polar surface area (TPSA) is 49.4 Å². The molecule has 0 heterocycles. The fraction of sp³-hybridized carbons (Fsp3) is 0.500. The van der Waals surface area contributed by atoms with Gasteiger partial charge in [-0.15, -0.1) is 0 Å². The molecule has 0 rings (SSSR count).